The summed E-state index contributed by atoms with van der Waals surface area (Å²) in [6, 6.07) is 13.5. The Morgan fingerprint density at radius 3 is 2.14 bits per heavy atom. The Labute approximate surface area is 206 Å². The van der Waals surface area contributed by atoms with Crippen molar-refractivity contribution in [2.24, 2.45) is 5.92 Å². The average Bonchev–Trinajstić information content (AvgIpc) is 2.82. The third-order valence-corrected chi connectivity index (χ3v) is 6.03. The van der Waals surface area contributed by atoms with Crippen LogP contribution in [0.3, 0.4) is 0 Å². The Hall–Kier alpha value is -3.42. The molecule has 0 spiro atoms. The van der Waals surface area contributed by atoms with E-state index in [4.69, 9.17) is 0 Å². The van der Waals surface area contributed by atoms with Crippen molar-refractivity contribution in [1.82, 2.24) is 9.80 Å². The maximum absolute atomic E-state index is 14.0. The number of benzene rings is 2. The van der Waals surface area contributed by atoms with Crippen LogP contribution in [0.5, 0.6) is 0 Å². The molecule has 3 rings (SSSR count). The highest BCUT2D eigenvalue weighted by Gasteiger charge is 2.24. The van der Waals surface area contributed by atoms with Crippen molar-refractivity contribution >= 4 is 29.1 Å². The summed E-state index contributed by atoms with van der Waals surface area (Å²) in [4.78, 5) is 43.1. The van der Waals surface area contributed by atoms with Crippen LogP contribution in [0, 0.1) is 11.7 Å². The quantitative estimate of drug-likeness (QED) is 0.617. The van der Waals surface area contributed by atoms with Gasteiger partial charge in [-0.25, -0.2) is 4.39 Å². The van der Waals surface area contributed by atoms with Gasteiger partial charge in [0.05, 0.1) is 5.56 Å². The molecule has 1 N–H and O–H groups in total. The first-order valence-electron chi connectivity index (χ1n) is 12.1. The van der Waals surface area contributed by atoms with Crippen LogP contribution in [-0.2, 0) is 9.59 Å². The zero-order valence-corrected chi connectivity index (χ0v) is 21.0. The summed E-state index contributed by atoms with van der Waals surface area (Å²) in [5.74, 6) is -0.808. The van der Waals surface area contributed by atoms with Crippen LogP contribution in [0.1, 0.15) is 44.5 Å². The lowest BCUT2D eigenvalue weighted by atomic mass is 10.1. The minimum atomic E-state index is -0.502. The van der Waals surface area contributed by atoms with E-state index in [1.54, 1.807) is 21.9 Å². The van der Waals surface area contributed by atoms with Crippen molar-refractivity contribution in [2.75, 3.05) is 42.9 Å². The first-order valence-corrected chi connectivity index (χ1v) is 12.1. The summed E-state index contributed by atoms with van der Waals surface area (Å²) in [6.45, 7) is 10.1. The number of rotatable bonds is 8. The molecule has 0 aliphatic carbocycles. The molecular formula is C27H35FN4O3. The third-order valence-electron chi connectivity index (χ3n) is 6.03. The fourth-order valence-electron chi connectivity index (χ4n) is 4.11. The Bertz CT molecular complexity index is 1030. The van der Waals surface area contributed by atoms with E-state index in [-0.39, 0.29) is 41.8 Å². The van der Waals surface area contributed by atoms with Gasteiger partial charge in [-0.05, 0) is 56.2 Å². The van der Waals surface area contributed by atoms with Gasteiger partial charge in [0.25, 0.3) is 5.91 Å². The Morgan fingerprint density at radius 2 is 1.57 bits per heavy atom. The molecule has 2 aromatic rings. The second-order valence-electron chi connectivity index (χ2n) is 9.57. The molecule has 0 radical (unpaired) electrons. The predicted octanol–water partition coefficient (Wildman–Crippen LogP) is 4.01. The second-order valence-corrected chi connectivity index (χ2v) is 9.57. The second kappa shape index (κ2) is 11.8. The fraction of sp³-hybridized carbons (Fsp3) is 0.444. The smallest absolute Gasteiger partial charge is 0.256 e. The van der Waals surface area contributed by atoms with Gasteiger partial charge in [-0.2, -0.15) is 0 Å². The van der Waals surface area contributed by atoms with Gasteiger partial charge >= 0.3 is 0 Å². The minimum absolute atomic E-state index is 0.0168. The number of carbonyl (C=O) groups excluding carboxylic acids is 3. The van der Waals surface area contributed by atoms with Gasteiger partial charge in [-0.15, -0.1) is 0 Å². The monoisotopic (exact) mass is 482 g/mol. The number of hydrogen-bond acceptors (Lipinski definition) is 4. The first-order chi connectivity index (χ1) is 16.7. The summed E-state index contributed by atoms with van der Waals surface area (Å²) < 4.78 is 14.0. The maximum Gasteiger partial charge on any atom is 0.256 e. The van der Waals surface area contributed by atoms with Crippen LogP contribution >= 0.6 is 0 Å². The van der Waals surface area contributed by atoms with Crippen LogP contribution in [-0.4, -0.2) is 66.3 Å². The molecule has 1 fully saturated rings. The molecule has 1 saturated heterocycles. The number of halogens is 1. The summed E-state index contributed by atoms with van der Waals surface area (Å²) >= 11 is 0. The molecule has 3 amide bonds. The largest absolute Gasteiger partial charge is 0.368 e. The molecule has 0 bridgehead atoms. The van der Waals surface area contributed by atoms with E-state index >= 15 is 0 Å². The van der Waals surface area contributed by atoms with Crippen LogP contribution in [0.15, 0.2) is 48.5 Å². The molecule has 2 aromatic carbocycles. The van der Waals surface area contributed by atoms with E-state index in [9.17, 15) is 18.8 Å². The van der Waals surface area contributed by atoms with Crippen molar-refractivity contribution in [1.29, 1.82) is 0 Å². The predicted molar refractivity (Wildman–Crippen MR) is 136 cm³/mol. The Morgan fingerprint density at radius 1 is 0.943 bits per heavy atom. The number of piperazine rings is 1. The number of amides is 3. The summed E-state index contributed by atoms with van der Waals surface area (Å²) in [6.07, 6.45) is 0.416. The molecule has 8 heteroatoms. The van der Waals surface area contributed by atoms with Crippen molar-refractivity contribution in [3.05, 3.63) is 59.9 Å². The lowest BCUT2D eigenvalue weighted by molar-refractivity contribution is -0.137. The molecule has 35 heavy (non-hydrogen) atoms. The molecule has 1 heterocycles. The van der Waals surface area contributed by atoms with Crippen molar-refractivity contribution in [2.45, 2.75) is 40.2 Å². The molecule has 7 nitrogen and oxygen atoms in total. The van der Waals surface area contributed by atoms with Crippen LogP contribution in [0.4, 0.5) is 15.8 Å². The Kier molecular flexibility index (Phi) is 8.84. The standard InChI is InChI=1S/C27H35FN4O3/c1-19(2)17-26(34)32(20(3)4)18-25(33)29-21-9-11-22(12-10-21)30-13-15-31(16-14-30)27(35)23-7-5-6-8-24(23)28/h5-12,19-20H,13-18H2,1-4H3,(H,29,33). The molecular weight excluding hydrogens is 447 g/mol. The van der Waals surface area contributed by atoms with Gasteiger partial charge in [0, 0.05) is 50.0 Å². The van der Waals surface area contributed by atoms with Gasteiger partial charge in [0.2, 0.25) is 11.8 Å². The normalized spacial score (nSPS) is 13.8. The molecule has 0 atom stereocenters. The van der Waals surface area contributed by atoms with Gasteiger partial charge in [-0.1, -0.05) is 26.0 Å². The van der Waals surface area contributed by atoms with E-state index in [1.165, 1.54) is 12.1 Å². The van der Waals surface area contributed by atoms with E-state index in [2.05, 4.69) is 10.2 Å². The van der Waals surface area contributed by atoms with Crippen LogP contribution < -0.4 is 10.2 Å². The van der Waals surface area contributed by atoms with Gasteiger partial charge in [0.15, 0.2) is 0 Å². The van der Waals surface area contributed by atoms with E-state index in [1.807, 2.05) is 52.0 Å². The number of nitrogens with zero attached hydrogens (tertiary/aromatic N) is 3. The van der Waals surface area contributed by atoms with E-state index < -0.39 is 5.82 Å². The van der Waals surface area contributed by atoms with Gasteiger partial charge in [-0.3, -0.25) is 14.4 Å². The van der Waals surface area contributed by atoms with Crippen LogP contribution in [0.2, 0.25) is 0 Å². The summed E-state index contributed by atoms with van der Waals surface area (Å²) in [5, 5.41) is 2.87. The molecule has 0 unspecified atom stereocenters. The van der Waals surface area contributed by atoms with Crippen molar-refractivity contribution in [3.63, 3.8) is 0 Å². The van der Waals surface area contributed by atoms with Crippen molar-refractivity contribution < 1.29 is 18.8 Å². The highest BCUT2D eigenvalue weighted by atomic mass is 19.1. The third kappa shape index (κ3) is 7.04. The SMILES string of the molecule is CC(C)CC(=O)N(CC(=O)Nc1ccc(N2CCN(C(=O)c3ccccc3F)CC2)cc1)C(C)C. The summed E-state index contributed by atoms with van der Waals surface area (Å²) in [7, 11) is 0. The lowest BCUT2D eigenvalue weighted by Crippen LogP contribution is -2.49. The number of hydrogen-bond donors (Lipinski definition) is 1. The van der Waals surface area contributed by atoms with E-state index in [0.29, 0.717) is 38.3 Å². The zero-order valence-electron chi connectivity index (χ0n) is 21.0. The highest BCUT2D eigenvalue weighted by molar-refractivity contribution is 5.95. The number of carbonyl (C=O) groups is 3. The maximum atomic E-state index is 14.0. The zero-order chi connectivity index (χ0) is 25.5. The van der Waals surface area contributed by atoms with Gasteiger partial charge in [0.1, 0.15) is 12.4 Å². The molecule has 0 aromatic heterocycles. The number of nitrogens with one attached hydrogen (secondary N) is 1. The Balaban J connectivity index is 1.53. The minimum Gasteiger partial charge on any atom is -0.368 e. The lowest BCUT2D eigenvalue weighted by Gasteiger charge is -2.36. The van der Waals surface area contributed by atoms with Crippen LogP contribution in [0.25, 0.3) is 0 Å². The molecule has 188 valence electrons. The average molecular weight is 483 g/mol. The molecule has 1 aliphatic heterocycles. The topological polar surface area (TPSA) is 73.0 Å². The summed E-state index contributed by atoms with van der Waals surface area (Å²) in [5.41, 5.74) is 1.74. The van der Waals surface area contributed by atoms with Gasteiger partial charge < -0.3 is 20.0 Å². The highest BCUT2D eigenvalue weighted by Crippen LogP contribution is 2.21. The number of anilines is 2. The first kappa shape index (κ1) is 26.2. The molecule has 1 aliphatic rings. The molecule has 0 saturated carbocycles. The van der Waals surface area contributed by atoms with Crippen molar-refractivity contribution in [3.8, 4) is 0 Å². The fourth-order valence-corrected chi connectivity index (χ4v) is 4.11. The van der Waals surface area contributed by atoms with E-state index in [0.717, 1.165) is 5.69 Å².